The van der Waals surface area contributed by atoms with E-state index in [1.807, 2.05) is 18.0 Å². The smallest absolute Gasteiger partial charge is 0.214 e. The van der Waals surface area contributed by atoms with E-state index in [2.05, 4.69) is 49.4 Å². The van der Waals surface area contributed by atoms with Crippen LogP contribution in [0.5, 0.6) is 11.6 Å². The maximum atomic E-state index is 6.82. The molecule has 1 unspecified atom stereocenters. The van der Waals surface area contributed by atoms with Crippen LogP contribution < -0.4 is 9.47 Å². The Morgan fingerprint density at radius 2 is 1.94 bits per heavy atom. The molecule has 0 spiro atoms. The Labute approximate surface area is 226 Å². The van der Waals surface area contributed by atoms with E-state index >= 15 is 0 Å². The van der Waals surface area contributed by atoms with Crippen molar-refractivity contribution in [2.75, 3.05) is 24.4 Å². The van der Waals surface area contributed by atoms with Crippen LogP contribution >= 0.6 is 46.7 Å². The van der Waals surface area contributed by atoms with Gasteiger partial charge in [0.15, 0.2) is 5.75 Å². The quantitative estimate of drug-likeness (QED) is 0.264. The first-order chi connectivity index (χ1) is 17.0. The molecule has 0 radical (unpaired) electrons. The van der Waals surface area contributed by atoms with Gasteiger partial charge in [0, 0.05) is 22.9 Å². The van der Waals surface area contributed by atoms with Gasteiger partial charge >= 0.3 is 0 Å². The Bertz CT molecular complexity index is 1240. The lowest BCUT2D eigenvalue weighted by atomic mass is 9.90. The van der Waals surface area contributed by atoms with Gasteiger partial charge in [0.05, 0.1) is 16.7 Å². The van der Waals surface area contributed by atoms with Crippen LogP contribution in [-0.2, 0) is 12.8 Å². The van der Waals surface area contributed by atoms with Crippen molar-refractivity contribution in [2.45, 2.75) is 50.5 Å². The van der Waals surface area contributed by atoms with E-state index in [0.29, 0.717) is 28.3 Å². The summed E-state index contributed by atoms with van der Waals surface area (Å²) >= 11 is 17.3. The Hall–Kier alpha value is -1.53. The van der Waals surface area contributed by atoms with E-state index in [0.717, 1.165) is 53.9 Å². The van der Waals surface area contributed by atoms with Gasteiger partial charge in [-0.25, -0.2) is 4.98 Å². The fourth-order valence-electron chi connectivity index (χ4n) is 5.07. The lowest BCUT2D eigenvalue weighted by Crippen LogP contribution is -2.05. The minimum Gasteiger partial charge on any atom is -0.490 e. The molecule has 1 atom stereocenters. The summed E-state index contributed by atoms with van der Waals surface area (Å²) in [5.41, 5.74) is 8.14. The first-order valence-corrected chi connectivity index (χ1v) is 15.1. The molecule has 5 rings (SSSR count). The SMILES string of the molecule is CSCCCOc1c(Cl)c(C)c(-c2cccc3c2CCC3Oc2cc3c(cn2)CCS3)c(C)c1Cl. The standard InChI is InChI=1S/C28H29Cl2NO2S2/c1-16-25(17(2)27(30)28(26(16)29)32-11-5-12-34-3)21-7-4-6-20-19(21)8-9-22(20)33-24-14-23-18(15-31-24)10-13-35-23/h4,6-7,14-15,22H,5,8-13H2,1-3H3. The molecule has 0 bridgehead atoms. The van der Waals surface area contributed by atoms with Gasteiger partial charge in [-0.05, 0) is 90.5 Å². The van der Waals surface area contributed by atoms with Gasteiger partial charge in [0.25, 0.3) is 0 Å². The van der Waals surface area contributed by atoms with Gasteiger partial charge in [0.1, 0.15) is 6.10 Å². The number of halogens is 2. The number of aromatic nitrogens is 1. The van der Waals surface area contributed by atoms with Crippen LogP contribution in [0.1, 0.15) is 46.8 Å². The van der Waals surface area contributed by atoms with Crippen molar-refractivity contribution in [1.29, 1.82) is 0 Å². The predicted molar refractivity (Wildman–Crippen MR) is 150 cm³/mol. The number of rotatable bonds is 8. The van der Waals surface area contributed by atoms with Crippen molar-refractivity contribution in [3.8, 4) is 22.8 Å². The number of fused-ring (bicyclic) bond motifs is 2. The van der Waals surface area contributed by atoms with E-state index in [-0.39, 0.29) is 6.10 Å². The van der Waals surface area contributed by atoms with E-state index < -0.39 is 0 Å². The Morgan fingerprint density at radius 3 is 2.71 bits per heavy atom. The zero-order valence-electron chi connectivity index (χ0n) is 20.2. The molecule has 2 aromatic carbocycles. The second-order valence-corrected chi connectivity index (χ2v) is 11.9. The summed E-state index contributed by atoms with van der Waals surface area (Å²) in [4.78, 5) is 5.88. The van der Waals surface area contributed by atoms with Gasteiger partial charge < -0.3 is 9.47 Å². The molecule has 0 fully saturated rings. The molecule has 0 saturated heterocycles. The largest absolute Gasteiger partial charge is 0.490 e. The highest BCUT2D eigenvalue weighted by Gasteiger charge is 2.29. The van der Waals surface area contributed by atoms with Gasteiger partial charge in [-0.2, -0.15) is 11.8 Å². The lowest BCUT2D eigenvalue weighted by molar-refractivity contribution is 0.198. The molecule has 184 valence electrons. The van der Waals surface area contributed by atoms with E-state index in [4.69, 9.17) is 32.7 Å². The molecule has 35 heavy (non-hydrogen) atoms. The van der Waals surface area contributed by atoms with Crippen molar-refractivity contribution in [2.24, 2.45) is 0 Å². The zero-order valence-corrected chi connectivity index (χ0v) is 23.4. The van der Waals surface area contributed by atoms with Crippen molar-refractivity contribution in [1.82, 2.24) is 4.98 Å². The number of thioether (sulfide) groups is 2. The van der Waals surface area contributed by atoms with Crippen molar-refractivity contribution >= 4 is 46.7 Å². The van der Waals surface area contributed by atoms with Crippen LogP contribution in [0.3, 0.4) is 0 Å². The first-order valence-electron chi connectivity index (χ1n) is 12.0. The van der Waals surface area contributed by atoms with Crippen LogP contribution in [0.2, 0.25) is 10.0 Å². The van der Waals surface area contributed by atoms with Crippen LogP contribution in [-0.4, -0.2) is 29.4 Å². The molecule has 0 saturated carbocycles. The Kier molecular flexibility index (Phi) is 7.78. The number of ether oxygens (including phenoxy) is 2. The van der Waals surface area contributed by atoms with Crippen LogP contribution in [0.15, 0.2) is 35.4 Å². The number of benzene rings is 2. The fraction of sp³-hybridized carbons (Fsp3) is 0.393. The predicted octanol–water partition coefficient (Wildman–Crippen LogP) is 8.52. The van der Waals surface area contributed by atoms with Crippen LogP contribution in [0, 0.1) is 13.8 Å². The maximum absolute atomic E-state index is 6.82. The average Bonchev–Trinajstić information content (AvgIpc) is 3.50. The number of hydrogen-bond acceptors (Lipinski definition) is 5. The van der Waals surface area contributed by atoms with Gasteiger partial charge in [-0.3, -0.25) is 0 Å². The number of aryl methyl sites for hydroxylation is 1. The third kappa shape index (κ3) is 4.90. The lowest BCUT2D eigenvalue weighted by Gasteiger charge is -2.21. The molecule has 2 aliphatic rings. The maximum Gasteiger partial charge on any atom is 0.214 e. The summed E-state index contributed by atoms with van der Waals surface area (Å²) < 4.78 is 12.4. The highest BCUT2D eigenvalue weighted by atomic mass is 35.5. The molecule has 3 nitrogen and oxygen atoms in total. The fourth-order valence-corrected chi connectivity index (χ4v) is 7.08. The van der Waals surface area contributed by atoms with E-state index in [9.17, 15) is 0 Å². The second-order valence-electron chi connectivity index (χ2n) is 9.02. The molecule has 1 aliphatic carbocycles. The van der Waals surface area contributed by atoms with Crippen molar-refractivity contribution in [3.63, 3.8) is 0 Å². The molecule has 1 aromatic heterocycles. The minimum absolute atomic E-state index is 0.00694. The van der Waals surface area contributed by atoms with Gasteiger partial charge in [-0.1, -0.05) is 41.4 Å². The molecule has 0 amide bonds. The molecular weight excluding hydrogens is 517 g/mol. The Balaban J connectivity index is 1.46. The molecular formula is C28H29Cl2NO2S2. The van der Waals surface area contributed by atoms with E-state index in [1.165, 1.54) is 27.1 Å². The molecule has 1 aliphatic heterocycles. The molecule has 2 heterocycles. The van der Waals surface area contributed by atoms with Gasteiger partial charge in [0.2, 0.25) is 5.88 Å². The molecule has 7 heteroatoms. The third-order valence-electron chi connectivity index (χ3n) is 6.84. The summed E-state index contributed by atoms with van der Waals surface area (Å²) in [7, 11) is 0. The highest BCUT2D eigenvalue weighted by Crippen LogP contribution is 2.48. The summed E-state index contributed by atoms with van der Waals surface area (Å²) in [5.74, 6) is 3.48. The normalized spacial score (nSPS) is 16.3. The summed E-state index contributed by atoms with van der Waals surface area (Å²) in [6.07, 6.45) is 7.97. The number of hydrogen-bond donors (Lipinski definition) is 0. The minimum atomic E-state index is -0.00694. The van der Waals surface area contributed by atoms with Crippen LogP contribution in [0.4, 0.5) is 0 Å². The van der Waals surface area contributed by atoms with Crippen molar-refractivity contribution in [3.05, 3.63) is 68.3 Å². The summed E-state index contributed by atoms with van der Waals surface area (Å²) in [6.45, 7) is 4.72. The Morgan fingerprint density at radius 1 is 1.14 bits per heavy atom. The topological polar surface area (TPSA) is 31.4 Å². The molecule has 0 N–H and O–H groups in total. The van der Waals surface area contributed by atoms with E-state index in [1.54, 1.807) is 11.8 Å². The highest BCUT2D eigenvalue weighted by molar-refractivity contribution is 7.99. The monoisotopic (exact) mass is 545 g/mol. The van der Waals surface area contributed by atoms with Crippen LogP contribution in [0.25, 0.3) is 11.1 Å². The van der Waals surface area contributed by atoms with Crippen molar-refractivity contribution < 1.29 is 9.47 Å². The third-order valence-corrected chi connectivity index (χ3v) is 9.55. The zero-order chi connectivity index (χ0) is 24.5. The molecule has 3 aromatic rings. The second kappa shape index (κ2) is 10.8. The van der Waals surface area contributed by atoms with Gasteiger partial charge in [-0.15, -0.1) is 11.8 Å². The number of nitrogens with zero attached hydrogens (tertiary/aromatic N) is 1. The summed E-state index contributed by atoms with van der Waals surface area (Å²) in [5, 5.41) is 1.20. The number of pyridine rings is 1. The summed E-state index contributed by atoms with van der Waals surface area (Å²) in [6, 6.07) is 8.55. The average molecular weight is 547 g/mol. The first kappa shape index (κ1) is 25.1.